The fraction of sp³-hybridized carbons (Fsp3) is 0.100. The van der Waals surface area contributed by atoms with Gasteiger partial charge in [0.25, 0.3) is 0 Å². The highest BCUT2D eigenvalue weighted by Crippen LogP contribution is 2.15. The van der Waals surface area contributed by atoms with Crippen LogP contribution in [0.1, 0.15) is 5.69 Å². The zero-order chi connectivity index (χ0) is 11.4. The van der Waals surface area contributed by atoms with Gasteiger partial charge in [0.15, 0.2) is 0 Å². The largest absolute Gasteiger partial charge is 0.486 e. The van der Waals surface area contributed by atoms with E-state index in [-0.39, 0.29) is 0 Å². The van der Waals surface area contributed by atoms with Gasteiger partial charge in [0.05, 0.1) is 29.3 Å². The van der Waals surface area contributed by atoms with E-state index in [9.17, 15) is 0 Å². The van der Waals surface area contributed by atoms with Gasteiger partial charge < -0.3 is 10.5 Å². The number of nitrogens with two attached hydrogens (primary N) is 1. The molecular formula is C10H9ClN4O. The van der Waals surface area contributed by atoms with E-state index in [1.165, 1.54) is 12.4 Å². The van der Waals surface area contributed by atoms with Crippen LogP contribution >= 0.6 is 11.6 Å². The molecule has 0 fully saturated rings. The maximum atomic E-state index is 5.76. The molecule has 2 aromatic heterocycles. The number of nitrogens with zero attached hydrogens (tertiary/aromatic N) is 3. The predicted octanol–water partition coefficient (Wildman–Crippen LogP) is 1.69. The molecule has 2 heterocycles. The minimum absolute atomic E-state index is 0.301. The number of halogens is 1. The highest BCUT2D eigenvalue weighted by molar-refractivity contribution is 6.30. The van der Waals surface area contributed by atoms with E-state index in [0.717, 1.165) is 0 Å². The monoisotopic (exact) mass is 236 g/mol. The second-order valence-corrected chi connectivity index (χ2v) is 3.50. The summed E-state index contributed by atoms with van der Waals surface area (Å²) in [5.74, 6) is 0.972. The zero-order valence-electron chi connectivity index (χ0n) is 8.30. The lowest BCUT2D eigenvalue weighted by molar-refractivity contribution is 0.299. The molecule has 0 aromatic carbocycles. The van der Waals surface area contributed by atoms with Crippen molar-refractivity contribution in [3.05, 3.63) is 41.6 Å². The van der Waals surface area contributed by atoms with Crippen LogP contribution in [-0.2, 0) is 6.61 Å². The van der Waals surface area contributed by atoms with E-state index >= 15 is 0 Å². The van der Waals surface area contributed by atoms with E-state index < -0.39 is 0 Å². The van der Waals surface area contributed by atoms with Crippen molar-refractivity contribution in [1.29, 1.82) is 0 Å². The van der Waals surface area contributed by atoms with Gasteiger partial charge in [-0.05, 0) is 0 Å². The van der Waals surface area contributed by atoms with Crippen LogP contribution < -0.4 is 10.5 Å². The number of nitrogen functional groups attached to an aromatic ring is 1. The van der Waals surface area contributed by atoms with Crippen LogP contribution in [-0.4, -0.2) is 15.0 Å². The van der Waals surface area contributed by atoms with Crippen LogP contribution in [0.25, 0.3) is 0 Å². The molecule has 0 saturated heterocycles. The van der Waals surface area contributed by atoms with Gasteiger partial charge in [0.2, 0.25) is 0 Å². The lowest BCUT2D eigenvalue weighted by Crippen LogP contribution is -2.00. The Morgan fingerprint density at radius 3 is 2.75 bits per heavy atom. The summed E-state index contributed by atoms with van der Waals surface area (Å²) in [6, 6.07) is 1.68. The SMILES string of the molecule is Nc1cnc(COc2cncc(Cl)c2)cn1. The molecule has 0 saturated carbocycles. The Morgan fingerprint density at radius 2 is 2.06 bits per heavy atom. The quantitative estimate of drug-likeness (QED) is 0.878. The molecule has 2 N–H and O–H groups in total. The summed E-state index contributed by atoms with van der Waals surface area (Å²) in [7, 11) is 0. The lowest BCUT2D eigenvalue weighted by Gasteiger charge is -2.04. The number of pyridine rings is 1. The molecule has 82 valence electrons. The van der Waals surface area contributed by atoms with Crippen LogP contribution in [0.2, 0.25) is 5.02 Å². The van der Waals surface area contributed by atoms with Crippen molar-refractivity contribution in [2.45, 2.75) is 6.61 Å². The van der Waals surface area contributed by atoms with E-state index in [0.29, 0.717) is 28.9 Å². The predicted molar refractivity (Wildman–Crippen MR) is 60.0 cm³/mol. The first-order valence-corrected chi connectivity index (χ1v) is 4.91. The van der Waals surface area contributed by atoms with E-state index in [2.05, 4.69) is 15.0 Å². The molecule has 6 heteroatoms. The molecule has 0 unspecified atom stereocenters. The topological polar surface area (TPSA) is 73.9 Å². The fourth-order valence-corrected chi connectivity index (χ4v) is 1.23. The molecule has 0 aliphatic carbocycles. The number of anilines is 1. The molecular weight excluding hydrogens is 228 g/mol. The summed E-state index contributed by atoms with van der Waals surface area (Å²) in [6.07, 6.45) is 6.16. The smallest absolute Gasteiger partial charge is 0.141 e. The van der Waals surface area contributed by atoms with E-state index in [1.54, 1.807) is 18.5 Å². The maximum Gasteiger partial charge on any atom is 0.141 e. The van der Waals surface area contributed by atoms with Crippen molar-refractivity contribution in [1.82, 2.24) is 15.0 Å². The molecule has 2 rings (SSSR count). The number of hydrogen-bond donors (Lipinski definition) is 1. The lowest BCUT2D eigenvalue weighted by atomic mass is 10.4. The van der Waals surface area contributed by atoms with Crippen molar-refractivity contribution in [3.63, 3.8) is 0 Å². The zero-order valence-corrected chi connectivity index (χ0v) is 9.05. The van der Waals surface area contributed by atoms with Gasteiger partial charge in [-0.25, -0.2) is 4.98 Å². The summed E-state index contributed by atoms with van der Waals surface area (Å²) in [4.78, 5) is 11.9. The third kappa shape index (κ3) is 2.80. The summed E-state index contributed by atoms with van der Waals surface area (Å²) in [5, 5.41) is 0.529. The average molecular weight is 237 g/mol. The number of ether oxygens (including phenoxy) is 1. The Hall–Kier alpha value is -1.88. The summed E-state index contributed by atoms with van der Waals surface area (Å²) >= 11 is 5.76. The van der Waals surface area contributed by atoms with Crippen LogP contribution in [0.4, 0.5) is 5.82 Å². The highest BCUT2D eigenvalue weighted by atomic mass is 35.5. The number of hydrogen-bond acceptors (Lipinski definition) is 5. The molecule has 0 spiro atoms. The number of aromatic nitrogens is 3. The van der Waals surface area contributed by atoms with Gasteiger partial charge in [-0.3, -0.25) is 9.97 Å². The van der Waals surface area contributed by atoms with Crippen molar-refractivity contribution in [2.24, 2.45) is 0 Å². The molecule has 0 aliphatic heterocycles. The second kappa shape index (κ2) is 4.76. The summed E-state index contributed by atoms with van der Waals surface area (Å²) in [5.41, 5.74) is 6.10. The van der Waals surface area contributed by atoms with Crippen LogP contribution in [0.5, 0.6) is 5.75 Å². The van der Waals surface area contributed by atoms with Crippen molar-refractivity contribution < 1.29 is 4.74 Å². The Kier molecular flexibility index (Phi) is 3.16. The van der Waals surface area contributed by atoms with Crippen molar-refractivity contribution >= 4 is 17.4 Å². The van der Waals surface area contributed by atoms with Gasteiger partial charge in [0, 0.05) is 12.3 Å². The Morgan fingerprint density at radius 1 is 1.19 bits per heavy atom. The van der Waals surface area contributed by atoms with Crippen LogP contribution in [0.3, 0.4) is 0 Å². The Labute approximate surface area is 97.3 Å². The molecule has 0 radical (unpaired) electrons. The minimum atomic E-state index is 0.301. The second-order valence-electron chi connectivity index (χ2n) is 3.06. The van der Waals surface area contributed by atoms with Gasteiger partial charge in [0.1, 0.15) is 18.2 Å². The Bertz CT molecular complexity index is 475. The third-order valence-electron chi connectivity index (χ3n) is 1.79. The van der Waals surface area contributed by atoms with Crippen molar-refractivity contribution in [2.75, 3.05) is 5.73 Å². The Balaban J connectivity index is 1.99. The van der Waals surface area contributed by atoms with E-state index in [4.69, 9.17) is 22.1 Å². The highest BCUT2D eigenvalue weighted by Gasteiger charge is 1.99. The molecule has 0 atom stereocenters. The molecule has 0 bridgehead atoms. The van der Waals surface area contributed by atoms with Gasteiger partial charge in [-0.15, -0.1) is 0 Å². The molecule has 5 nitrogen and oxygen atoms in total. The number of rotatable bonds is 3. The molecule has 16 heavy (non-hydrogen) atoms. The first kappa shape index (κ1) is 10.6. The fourth-order valence-electron chi connectivity index (χ4n) is 1.07. The molecule has 0 aliphatic rings. The summed E-state index contributed by atoms with van der Waals surface area (Å²) < 4.78 is 5.42. The van der Waals surface area contributed by atoms with Crippen LogP contribution in [0, 0.1) is 0 Å². The normalized spacial score (nSPS) is 10.1. The summed E-state index contributed by atoms with van der Waals surface area (Å²) in [6.45, 7) is 0.301. The van der Waals surface area contributed by atoms with E-state index in [1.807, 2.05) is 0 Å². The van der Waals surface area contributed by atoms with Crippen LogP contribution in [0.15, 0.2) is 30.9 Å². The maximum absolute atomic E-state index is 5.76. The third-order valence-corrected chi connectivity index (χ3v) is 2.00. The van der Waals surface area contributed by atoms with Crippen molar-refractivity contribution in [3.8, 4) is 5.75 Å². The van der Waals surface area contributed by atoms with Gasteiger partial charge >= 0.3 is 0 Å². The van der Waals surface area contributed by atoms with Gasteiger partial charge in [-0.1, -0.05) is 11.6 Å². The average Bonchev–Trinajstić information content (AvgIpc) is 2.28. The molecule has 0 amide bonds. The standard InChI is InChI=1S/C10H9ClN4O/c11-7-1-9(4-13-2-7)16-6-8-3-15-10(12)5-14-8/h1-5H,6H2,(H2,12,15). The van der Waals surface area contributed by atoms with Gasteiger partial charge in [-0.2, -0.15) is 0 Å². The first-order chi connectivity index (χ1) is 7.74. The minimum Gasteiger partial charge on any atom is -0.486 e. The first-order valence-electron chi connectivity index (χ1n) is 4.54. The molecule has 2 aromatic rings.